The number of aliphatic hydroxyl groups is 1. The van der Waals surface area contributed by atoms with Gasteiger partial charge in [0.25, 0.3) is 11.7 Å². The van der Waals surface area contributed by atoms with E-state index < -0.39 is 35.1 Å². The largest absolute Gasteiger partial charge is 0.507 e. The Labute approximate surface area is 194 Å². The molecule has 0 spiro atoms. The van der Waals surface area contributed by atoms with Gasteiger partial charge in [-0.25, -0.2) is 8.78 Å². The van der Waals surface area contributed by atoms with E-state index in [0.29, 0.717) is 10.6 Å². The highest BCUT2D eigenvalue weighted by molar-refractivity contribution is 6.51. The predicted octanol–water partition coefficient (Wildman–Crippen LogP) is 5.31. The molecule has 1 aliphatic heterocycles. The Hall–Kier alpha value is -3.71. The third-order valence-electron chi connectivity index (χ3n) is 5.45. The molecule has 0 bridgehead atoms. The Morgan fingerprint density at radius 3 is 2.27 bits per heavy atom. The number of anilines is 2. The first-order valence-electron chi connectivity index (χ1n) is 9.98. The van der Waals surface area contributed by atoms with Crippen molar-refractivity contribution in [2.24, 2.45) is 0 Å². The molecule has 0 aromatic heterocycles. The number of benzene rings is 3. The molecule has 8 heteroatoms. The normalized spacial score (nSPS) is 17.5. The first-order valence-corrected chi connectivity index (χ1v) is 10.4. The molecule has 3 aromatic rings. The Morgan fingerprint density at radius 1 is 0.970 bits per heavy atom. The molecule has 1 heterocycles. The molecule has 168 valence electrons. The van der Waals surface area contributed by atoms with Crippen LogP contribution < -0.4 is 9.80 Å². The average Bonchev–Trinajstić information content (AvgIpc) is 3.06. The van der Waals surface area contributed by atoms with Gasteiger partial charge >= 0.3 is 0 Å². The van der Waals surface area contributed by atoms with Crippen LogP contribution in [-0.2, 0) is 9.59 Å². The van der Waals surface area contributed by atoms with Gasteiger partial charge in [-0.15, -0.1) is 0 Å². The molecule has 1 N–H and O–H groups in total. The highest BCUT2D eigenvalue weighted by atomic mass is 35.5. The SMILES string of the molecule is CN(C)c1ccc(C2/C(=C(\O)c3cccc(Cl)c3)C(=O)C(=O)N2c2ccc(F)c(F)c2)cc1. The zero-order valence-corrected chi connectivity index (χ0v) is 18.5. The van der Waals surface area contributed by atoms with E-state index in [4.69, 9.17) is 11.6 Å². The van der Waals surface area contributed by atoms with E-state index in [1.54, 1.807) is 42.5 Å². The molecule has 0 radical (unpaired) electrons. The van der Waals surface area contributed by atoms with E-state index >= 15 is 0 Å². The third-order valence-corrected chi connectivity index (χ3v) is 5.68. The molecule has 3 aromatic carbocycles. The smallest absolute Gasteiger partial charge is 0.300 e. The van der Waals surface area contributed by atoms with Crippen LogP contribution in [0.5, 0.6) is 0 Å². The molecule has 1 unspecified atom stereocenters. The number of Topliss-reactive ketones (excluding diaryl/α,β-unsaturated/α-hetero) is 1. The Morgan fingerprint density at radius 2 is 1.67 bits per heavy atom. The van der Waals surface area contributed by atoms with Crippen LogP contribution in [0.3, 0.4) is 0 Å². The highest BCUT2D eigenvalue weighted by Gasteiger charge is 2.47. The Kier molecular flexibility index (Phi) is 5.91. The van der Waals surface area contributed by atoms with Gasteiger partial charge in [-0.2, -0.15) is 0 Å². The fraction of sp³-hybridized carbons (Fsp3) is 0.120. The molecular formula is C25H19ClF2N2O3. The van der Waals surface area contributed by atoms with Crippen molar-refractivity contribution in [3.8, 4) is 0 Å². The summed E-state index contributed by atoms with van der Waals surface area (Å²) >= 11 is 6.04. The van der Waals surface area contributed by atoms with Gasteiger partial charge in [0.2, 0.25) is 0 Å². The predicted molar refractivity (Wildman–Crippen MR) is 123 cm³/mol. The number of aliphatic hydroxyl groups excluding tert-OH is 1. The van der Waals surface area contributed by atoms with E-state index in [1.165, 1.54) is 12.1 Å². The number of rotatable bonds is 4. The summed E-state index contributed by atoms with van der Waals surface area (Å²) in [6, 6.07) is 15.1. The maximum absolute atomic E-state index is 14.0. The van der Waals surface area contributed by atoms with Crippen LogP contribution in [0.15, 0.2) is 72.3 Å². The van der Waals surface area contributed by atoms with Crippen LogP contribution >= 0.6 is 11.6 Å². The van der Waals surface area contributed by atoms with Crippen molar-refractivity contribution in [2.75, 3.05) is 23.9 Å². The van der Waals surface area contributed by atoms with Crippen LogP contribution in [0.25, 0.3) is 5.76 Å². The molecule has 4 rings (SSSR count). The highest BCUT2D eigenvalue weighted by Crippen LogP contribution is 2.42. The molecule has 1 aliphatic rings. The summed E-state index contributed by atoms with van der Waals surface area (Å²) in [6.45, 7) is 0. The van der Waals surface area contributed by atoms with Gasteiger partial charge in [0.15, 0.2) is 11.6 Å². The van der Waals surface area contributed by atoms with Crippen molar-refractivity contribution in [3.05, 3.63) is 100 Å². The lowest BCUT2D eigenvalue weighted by molar-refractivity contribution is -0.132. The lowest BCUT2D eigenvalue weighted by Gasteiger charge is -2.26. The minimum Gasteiger partial charge on any atom is -0.507 e. The summed E-state index contributed by atoms with van der Waals surface area (Å²) < 4.78 is 27.6. The topological polar surface area (TPSA) is 60.9 Å². The average molecular weight is 469 g/mol. The number of halogens is 3. The maximum atomic E-state index is 14.0. The minimum atomic E-state index is -1.16. The van der Waals surface area contributed by atoms with E-state index in [-0.39, 0.29) is 16.8 Å². The summed E-state index contributed by atoms with van der Waals surface area (Å²) in [5.74, 6) is -4.57. The quantitative estimate of drug-likeness (QED) is 0.320. The number of hydrogen-bond acceptors (Lipinski definition) is 4. The van der Waals surface area contributed by atoms with Gasteiger partial charge in [0.1, 0.15) is 5.76 Å². The van der Waals surface area contributed by atoms with Gasteiger partial charge in [0.05, 0.1) is 11.6 Å². The summed E-state index contributed by atoms with van der Waals surface area (Å²) in [6.07, 6.45) is 0. The molecule has 0 saturated carbocycles. The third kappa shape index (κ3) is 4.07. The summed E-state index contributed by atoms with van der Waals surface area (Å²) in [5.41, 5.74) is 1.44. The van der Waals surface area contributed by atoms with Crippen molar-refractivity contribution >= 4 is 40.4 Å². The van der Waals surface area contributed by atoms with E-state index in [1.807, 2.05) is 19.0 Å². The van der Waals surface area contributed by atoms with Gasteiger partial charge in [-0.1, -0.05) is 35.9 Å². The van der Waals surface area contributed by atoms with Crippen LogP contribution in [0.2, 0.25) is 5.02 Å². The van der Waals surface area contributed by atoms with Crippen LogP contribution in [0.1, 0.15) is 17.2 Å². The maximum Gasteiger partial charge on any atom is 0.300 e. The van der Waals surface area contributed by atoms with Crippen molar-refractivity contribution in [2.45, 2.75) is 6.04 Å². The van der Waals surface area contributed by atoms with Gasteiger partial charge in [-0.3, -0.25) is 14.5 Å². The van der Waals surface area contributed by atoms with Crippen molar-refractivity contribution in [3.63, 3.8) is 0 Å². The molecule has 1 amide bonds. The van der Waals surface area contributed by atoms with E-state index in [2.05, 4.69) is 0 Å². The van der Waals surface area contributed by atoms with Crippen LogP contribution in [0, 0.1) is 11.6 Å². The first-order chi connectivity index (χ1) is 15.7. The van der Waals surface area contributed by atoms with Crippen LogP contribution in [-0.4, -0.2) is 30.9 Å². The van der Waals surface area contributed by atoms with Crippen molar-refractivity contribution in [1.29, 1.82) is 0 Å². The lowest BCUT2D eigenvalue weighted by Crippen LogP contribution is -2.29. The summed E-state index contributed by atoms with van der Waals surface area (Å²) in [7, 11) is 3.73. The molecule has 5 nitrogen and oxygen atoms in total. The zero-order valence-electron chi connectivity index (χ0n) is 17.7. The fourth-order valence-electron chi connectivity index (χ4n) is 3.80. The monoisotopic (exact) mass is 468 g/mol. The molecule has 33 heavy (non-hydrogen) atoms. The van der Waals surface area contributed by atoms with Crippen molar-refractivity contribution < 1.29 is 23.5 Å². The number of carbonyl (C=O) groups excluding carboxylic acids is 2. The number of ketones is 1. The van der Waals surface area contributed by atoms with Gasteiger partial charge in [0, 0.05) is 42.1 Å². The fourth-order valence-corrected chi connectivity index (χ4v) is 3.99. The van der Waals surface area contributed by atoms with Crippen LogP contribution in [0.4, 0.5) is 20.2 Å². The molecular weight excluding hydrogens is 450 g/mol. The van der Waals surface area contributed by atoms with Gasteiger partial charge < -0.3 is 10.0 Å². The minimum absolute atomic E-state index is 0.0113. The Balaban J connectivity index is 1.94. The Bertz CT molecular complexity index is 1290. The second-order valence-corrected chi connectivity index (χ2v) is 8.20. The summed E-state index contributed by atoms with van der Waals surface area (Å²) in [4.78, 5) is 29.1. The standard InChI is InChI=1S/C25H19ClF2N2O3/c1-29(2)17-8-6-14(7-9-17)22-21(23(31)15-4-3-5-16(26)12-15)24(32)25(33)30(22)18-10-11-19(27)20(28)13-18/h3-13,22,31H,1-2H3/b23-21+. The van der Waals surface area contributed by atoms with E-state index in [0.717, 1.165) is 22.7 Å². The second kappa shape index (κ2) is 8.67. The molecule has 1 atom stereocenters. The first kappa shape index (κ1) is 22.5. The van der Waals surface area contributed by atoms with E-state index in [9.17, 15) is 23.5 Å². The molecule has 1 fully saturated rings. The number of carbonyl (C=O) groups is 2. The van der Waals surface area contributed by atoms with Gasteiger partial charge in [-0.05, 0) is 42.0 Å². The van der Waals surface area contributed by atoms with Crippen molar-refractivity contribution in [1.82, 2.24) is 0 Å². The molecule has 1 saturated heterocycles. The number of amides is 1. The second-order valence-electron chi connectivity index (χ2n) is 7.76. The lowest BCUT2D eigenvalue weighted by atomic mass is 9.95. The molecule has 0 aliphatic carbocycles. The zero-order chi connectivity index (χ0) is 23.9. The summed E-state index contributed by atoms with van der Waals surface area (Å²) in [5, 5.41) is 11.4. The number of hydrogen-bond donors (Lipinski definition) is 1. The number of nitrogens with zero attached hydrogens (tertiary/aromatic N) is 2.